The first kappa shape index (κ1) is 19.6. The van der Waals surface area contributed by atoms with Gasteiger partial charge in [-0.25, -0.2) is 0 Å². The van der Waals surface area contributed by atoms with Gasteiger partial charge >= 0.3 is 0 Å². The van der Waals surface area contributed by atoms with Gasteiger partial charge in [0.05, 0.1) is 12.1 Å². The maximum atomic E-state index is 12.8. The van der Waals surface area contributed by atoms with E-state index in [9.17, 15) is 9.59 Å². The molecule has 25 heavy (non-hydrogen) atoms. The summed E-state index contributed by atoms with van der Waals surface area (Å²) in [5, 5.41) is 0.426. The summed E-state index contributed by atoms with van der Waals surface area (Å²) in [7, 11) is 1.55. The van der Waals surface area contributed by atoms with Crippen molar-refractivity contribution in [1.29, 1.82) is 0 Å². The Hall–Kier alpha value is -1.75. The molecule has 0 radical (unpaired) electrons. The zero-order chi connectivity index (χ0) is 18.8. The van der Waals surface area contributed by atoms with Crippen LogP contribution in [0.1, 0.15) is 43.1 Å². The van der Waals surface area contributed by atoms with Crippen LogP contribution in [0.3, 0.4) is 0 Å². The number of halogens is 1. The van der Waals surface area contributed by atoms with Crippen molar-refractivity contribution in [2.24, 2.45) is 5.41 Å². The van der Waals surface area contributed by atoms with Gasteiger partial charge in [-0.05, 0) is 30.0 Å². The Morgan fingerprint density at radius 2 is 1.68 bits per heavy atom. The molecule has 5 nitrogen and oxygen atoms in total. The molecular formula is C19H27ClN2O3. The number of amides is 2. The first-order valence-electron chi connectivity index (χ1n) is 8.53. The number of hydrogen-bond donors (Lipinski definition) is 0. The lowest BCUT2D eigenvalue weighted by Crippen LogP contribution is -2.51. The van der Waals surface area contributed by atoms with Crippen LogP contribution in [0.15, 0.2) is 12.1 Å². The summed E-state index contributed by atoms with van der Waals surface area (Å²) in [4.78, 5) is 28.8. The monoisotopic (exact) mass is 366 g/mol. The fourth-order valence-corrected chi connectivity index (χ4v) is 3.18. The Kier molecular flexibility index (Phi) is 5.99. The van der Waals surface area contributed by atoms with E-state index < -0.39 is 0 Å². The zero-order valence-corrected chi connectivity index (χ0v) is 16.4. The molecule has 1 fully saturated rings. The van der Waals surface area contributed by atoms with Crippen molar-refractivity contribution >= 4 is 23.4 Å². The molecule has 0 aromatic heterocycles. The van der Waals surface area contributed by atoms with Crippen molar-refractivity contribution in [3.05, 3.63) is 28.3 Å². The molecule has 1 aromatic carbocycles. The van der Waals surface area contributed by atoms with Crippen LogP contribution < -0.4 is 4.74 Å². The van der Waals surface area contributed by atoms with E-state index in [4.69, 9.17) is 16.3 Å². The molecule has 0 atom stereocenters. The van der Waals surface area contributed by atoms with Crippen LogP contribution in [0.25, 0.3) is 0 Å². The fourth-order valence-electron chi connectivity index (χ4n) is 2.94. The predicted molar refractivity (Wildman–Crippen MR) is 99.3 cm³/mol. The van der Waals surface area contributed by atoms with Crippen LogP contribution in [0, 0.1) is 12.3 Å². The summed E-state index contributed by atoms with van der Waals surface area (Å²) in [6.45, 7) is 10.3. The number of ether oxygens (including phenoxy) is 1. The van der Waals surface area contributed by atoms with E-state index in [1.165, 1.54) is 0 Å². The quantitative estimate of drug-likeness (QED) is 0.824. The number of piperazine rings is 1. The largest absolute Gasteiger partial charge is 0.495 e. The first-order chi connectivity index (χ1) is 11.6. The average molecular weight is 367 g/mol. The van der Waals surface area contributed by atoms with Crippen molar-refractivity contribution < 1.29 is 14.3 Å². The van der Waals surface area contributed by atoms with Gasteiger partial charge in [0.1, 0.15) is 5.75 Å². The third-order valence-electron chi connectivity index (χ3n) is 4.33. The molecule has 2 rings (SSSR count). The van der Waals surface area contributed by atoms with Gasteiger partial charge in [0.2, 0.25) is 5.91 Å². The molecule has 1 saturated heterocycles. The number of aryl methyl sites for hydroxylation is 1. The van der Waals surface area contributed by atoms with Gasteiger partial charge in [0, 0.05) is 38.2 Å². The lowest BCUT2D eigenvalue weighted by molar-refractivity contribution is -0.134. The molecule has 138 valence electrons. The molecule has 1 aromatic rings. The van der Waals surface area contributed by atoms with Gasteiger partial charge in [-0.15, -0.1) is 0 Å². The summed E-state index contributed by atoms with van der Waals surface area (Å²) in [5.74, 6) is 0.668. The molecule has 6 heteroatoms. The van der Waals surface area contributed by atoms with Crippen LogP contribution in [-0.2, 0) is 4.79 Å². The molecule has 0 bridgehead atoms. The lowest BCUT2D eigenvalue weighted by Gasteiger charge is -2.36. The number of rotatable bonds is 3. The average Bonchev–Trinajstić information content (AvgIpc) is 2.54. The standard InChI is InChI=1S/C19H27ClN2O3/c1-13-10-16(25-5)15(20)11-14(13)18(24)22-8-6-21(7-9-22)17(23)12-19(2,3)4/h10-11H,6-9,12H2,1-5H3. The first-order valence-corrected chi connectivity index (χ1v) is 8.91. The molecule has 1 aliphatic rings. The van der Waals surface area contributed by atoms with Crippen LogP contribution >= 0.6 is 11.6 Å². The smallest absolute Gasteiger partial charge is 0.254 e. The Morgan fingerprint density at radius 3 is 2.20 bits per heavy atom. The van der Waals surface area contributed by atoms with Gasteiger partial charge in [-0.2, -0.15) is 0 Å². The minimum Gasteiger partial charge on any atom is -0.495 e. The molecule has 2 amide bonds. The van der Waals surface area contributed by atoms with Crippen LogP contribution in [-0.4, -0.2) is 54.9 Å². The molecule has 1 aliphatic heterocycles. The van der Waals surface area contributed by atoms with E-state index >= 15 is 0 Å². The number of carbonyl (C=O) groups is 2. The van der Waals surface area contributed by atoms with Crippen LogP contribution in [0.5, 0.6) is 5.75 Å². The Labute approximate surface area is 154 Å². The third kappa shape index (κ3) is 4.88. The molecule has 0 unspecified atom stereocenters. The van der Waals surface area contributed by atoms with E-state index in [0.29, 0.717) is 48.9 Å². The second-order valence-corrected chi connectivity index (χ2v) is 8.12. The molecule has 0 N–H and O–H groups in total. The lowest BCUT2D eigenvalue weighted by atomic mass is 9.91. The Bertz CT molecular complexity index is 659. The van der Waals surface area contributed by atoms with E-state index in [0.717, 1.165) is 5.56 Å². The maximum absolute atomic E-state index is 12.8. The van der Waals surface area contributed by atoms with E-state index in [1.807, 2.05) is 11.8 Å². The fraction of sp³-hybridized carbons (Fsp3) is 0.579. The van der Waals surface area contributed by atoms with Gasteiger partial charge < -0.3 is 14.5 Å². The van der Waals surface area contributed by atoms with E-state index in [2.05, 4.69) is 20.8 Å². The highest BCUT2D eigenvalue weighted by molar-refractivity contribution is 6.32. The second kappa shape index (κ2) is 7.65. The highest BCUT2D eigenvalue weighted by atomic mass is 35.5. The van der Waals surface area contributed by atoms with Gasteiger partial charge in [0.25, 0.3) is 5.91 Å². The number of benzene rings is 1. The highest BCUT2D eigenvalue weighted by Gasteiger charge is 2.28. The normalized spacial score (nSPS) is 15.3. The van der Waals surface area contributed by atoms with Gasteiger partial charge in [-0.1, -0.05) is 32.4 Å². The zero-order valence-electron chi connectivity index (χ0n) is 15.7. The summed E-state index contributed by atoms with van der Waals surface area (Å²) in [6.07, 6.45) is 0.522. The predicted octanol–water partition coefficient (Wildman–Crippen LogP) is 3.38. The molecule has 1 heterocycles. The van der Waals surface area contributed by atoms with Crippen molar-refractivity contribution in [2.45, 2.75) is 34.1 Å². The third-order valence-corrected chi connectivity index (χ3v) is 4.63. The van der Waals surface area contributed by atoms with Gasteiger partial charge in [-0.3, -0.25) is 9.59 Å². The Morgan fingerprint density at radius 1 is 1.12 bits per heavy atom. The topological polar surface area (TPSA) is 49.9 Å². The minimum absolute atomic E-state index is 0.0268. The molecule has 0 saturated carbocycles. The summed E-state index contributed by atoms with van der Waals surface area (Å²) in [5.41, 5.74) is 1.39. The highest BCUT2D eigenvalue weighted by Crippen LogP contribution is 2.29. The van der Waals surface area contributed by atoms with Gasteiger partial charge in [0.15, 0.2) is 0 Å². The summed E-state index contributed by atoms with van der Waals surface area (Å²) < 4.78 is 5.19. The SMILES string of the molecule is COc1cc(C)c(C(=O)N2CCN(C(=O)CC(C)(C)C)CC2)cc1Cl. The number of carbonyl (C=O) groups excluding carboxylic acids is 2. The van der Waals surface area contributed by atoms with Crippen molar-refractivity contribution in [3.8, 4) is 5.75 Å². The minimum atomic E-state index is -0.0510. The Balaban J connectivity index is 2.02. The number of hydrogen-bond acceptors (Lipinski definition) is 3. The van der Waals surface area contributed by atoms with Crippen molar-refractivity contribution in [3.63, 3.8) is 0 Å². The number of methoxy groups -OCH3 is 1. The van der Waals surface area contributed by atoms with Crippen LogP contribution in [0.2, 0.25) is 5.02 Å². The maximum Gasteiger partial charge on any atom is 0.254 e. The van der Waals surface area contributed by atoms with Crippen molar-refractivity contribution in [2.75, 3.05) is 33.3 Å². The molecule has 0 spiro atoms. The summed E-state index contributed by atoms with van der Waals surface area (Å²) >= 11 is 6.16. The molecular weight excluding hydrogens is 340 g/mol. The van der Waals surface area contributed by atoms with E-state index in [1.54, 1.807) is 24.1 Å². The van der Waals surface area contributed by atoms with Crippen molar-refractivity contribution in [1.82, 2.24) is 9.80 Å². The molecule has 0 aliphatic carbocycles. The number of nitrogens with zero attached hydrogens (tertiary/aromatic N) is 2. The van der Waals surface area contributed by atoms with Crippen LogP contribution in [0.4, 0.5) is 0 Å². The summed E-state index contributed by atoms with van der Waals surface area (Å²) in [6, 6.07) is 3.44. The van der Waals surface area contributed by atoms with E-state index in [-0.39, 0.29) is 17.2 Å². The second-order valence-electron chi connectivity index (χ2n) is 7.71.